The molecule has 0 aromatic heterocycles. The monoisotopic (exact) mass is 206 g/mol. The molecule has 0 radical (unpaired) electrons. The average molecular weight is 206 g/mol. The zero-order valence-corrected chi connectivity index (χ0v) is 8.17. The largest absolute Gasteiger partial charge is 0.466 e. The van der Waals surface area contributed by atoms with E-state index in [9.17, 15) is 9.59 Å². The first-order valence-corrected chi connectivity index (χ1v) is 4.22. The Morgan fingerprint density at radius 2 is 1.93 bits per heavy atom. The summed E-state index contributed by atoms with van der Waals surface area (Å²) < 4.78 is 9.05. The first kappa shape index (κ1) is 11.0. The Labute approximate surface area is 87.1 Å². The Morgan fingerprint density at radius 1 is 1.27 bits per heavy atom. The summed E-state index contributed by atoms with van der Waals surface area (Å²) in [6.45, 7) is 0.360. The van der Waals surface area contributed by atoms with Gasteiger partial charge >= 0.3 is 5.97 Å². The molecule has 1 aromatic rings. The van der Waals surface area contributed by atoms with Gasteiger partial charge < -0.3 is 9.47 Å². The van der Waals surface area contributed by atoms with Crippen LogP contribution in [-0.2, 0) is 14.3 Å². The third-order valence-corrected chi connectivity index (χ3v) is 1.68. The molecule has 0 spiro atoms. The molecular formula is C11H10O4. The summed E-state index contributed by atoms with van der Waals surface area (Å²) in [5.74, 6) is 0.0448. The van der Waals surface area contributed by atoms with Gasteiger partial charge in [0, 0.05) is 6.08 Å². The van der Waals surface area contributed by atoms with Crippen LogP contribution in [0.3, 0.4) is 0 Å². The highest BCUT2D eigenvalue weighted by Crippen LogP contribution is 2.12. The lowest BCUT2D eigenvalue weighted by atomic mass is 10.2. The average Bonchev–Trinajstić information content (AvgIpc) is 2.28. The fourth-order valence-corrected chi connectivity index (χ4v) is 0.945. The van der Waals surface area contributed by atoms with Gasteiger partial charge in [0.25, 0.3) is 6.47 Å². The molecule has 0 saturated carbocycles. The molecule has 4 heteroatoms. The topological polar surface area (TPSA) is 52.6 Å². The minimum atomic E-state index is -0.414. The number of carbonyl (C=O) groups is 2. The van der Waals surface area contributed by atoms with Gasteiger partial charge in [0.1, 0.15) is 5.75 Å². The normalized spacial score (nSPS) is 9.93. The van der Waals surface area contributed by atoms with E-state index in [1.165, 1.54) is 13.2 Å². The van der Waals surface area contributed by atoms with Crippen molar-refractivity contribution < 1.29 is 19.1 Å². The van der Waals surface area contributed by atoms with E-state index in [1.807, 2.05) is 0 Å². The van der Waals surface area contributed by atoms with E-state index in [4.69, 9.17) is 0 Å². The summed E-state index contributed by atoms with van der Waals surface area (Å²) in [4.78, 5) is 20.8. The second kappa shape index (κ2) is 5.59. The summed E-state index contributed by atoms with van der Waals surface area (Å²) in [7, 11) is 1.31. The smallest absolute Gasteiger partial charge is 0.330 e. The molecule has 0 N–H and O–H groups in total. The molecule has 0 atom stereocenters. The van der Waals surface area contributed by atoms with Crippen LogP contribution in [0.4, 0.5) is 0 Å². The zero-order chi connectivity index (χ0) is 11.1. The van der Waals surface area contributed by atoms with Crippen LogP contribution in [0.1, 0.15) is 5.56 Å². The van der Waals surface area contributed by atoms with Crippen molar-refractivity contribution in [3.63, 3.8) is 0 Å². The molecule has 0 unspecified atom stereocenters. The van der Waals surface area contributed by atoms with Crippen molar-refractivity contribution in [1.82, 2.24) is 0 Å². The predicted molar refractivity (Wildman–Crippen MR) is 54.2 cm³/mol. The molecule has 0 saturated heterocycles. The standard InChI is InChI=1S/C11H10O4/c1-14-11(13)7-4-9-2-5-10(6-3-9)15-8-12/h2-8H,1H3/b7-4+. The SMILES string of the molecule is COC(=O)/C=C/c1ccc(OC=O)cc1. The molecule has 0 fully saturated rings. The molecule has 15 heavy (non-hydrogen) atoms. The highest BCUT2D eigenvalue weighted by Gasteiger charge is 1.93. The van der Waals surface area contributed by atoms with E-state index >= 15 is 0 Å². The molecular weight excluding hydrogens is 196 g/mol. The van der Waals surface area contributed by atoms with E-state index in [0.717, 1.165) is 5.56 Å². The minimum Gasteiger partial charge on any atom is -0.466 e. The molecule has 0 aliphatic carbocycles. The number of esters is 1. The van der Waals surface area contributed by atoms with Gasteiger partial charge in [-0.2, -0.15) is 0 Å². The summed E-state index contributed by atoms with van der Waals surface area (Å²) in [5.41, 5.74) is 0.818. The predicted octanol–water partition coefficient (Wildman–Crippen LogP) is 1.41. The molecule has 0 aliphatic heterocycles. The maximum absolute atomic E-state index is 10.8. The Balaban J connectivity index is 2.67. The number of rotatable bonds is 4. The Kier molecular flexibility index (Phi) is 4.09. The highest BCUT2D eigenvalue weighted by atomic mass is 16.5. The number of benzene rings is 1. The second-order valence-electron chi connectivity index (χ2n) is 2.64. The van der Waals surface area contributed by atoms with Crippen molar-refractivity contribution in [3.8, 4) is 5.75 Å². The van der Waals surface area contributed by atoms with E-state index in [-0.39, 0.29) is 0 Å². The molecule has 0 aliphatic rings. The van der Waals surface area contributed by atoms with Crippen molar-refractivity contribution in [3.05, 3.63) is 35.9 Å². The van der Waals surface area contributed by atoms with Gasteiger partial charge in [0.05, 0.1) is 7.11 Å². The van der Waals surface area contributed by atoms with Gasteiger partial charge in [0.15, 0.2) is 0 Å². The van der Waals surface area contributed by atoms with E-state index < -0.39 is 5.97 Å². The zero-order valence-electron chi connectivity index (χ0n) is 8.17. The number of carbonyl (C=O) groups excluding carboxylic acids is 2. The maximum atomic E-state index is 10.8. The fourth-order valence-electron chi connectivity index (χ4n) is 0.945. The van der Waals surface area contributed by atoms with Crippen LogP contribution in [0.5, 0.6) is 5.75 Å². The van der Waals surface area contributed by atoms with Crippen molar-refractivity contribution in [2.75, 3.05) is 7.11 Å². The van der Waals surface area contributed by atoms with Gasteiger partial charge in [-0.05, 0) is 23.8 Å². The minimum absolute atomic E-state index is 0.360. The highest BCUT2D eigenvalue weighted by molar-refractivity contribution is 5.86. The molecule has 1 rings (SSSR count). The van der Waals surface area contributed by atoms with Gasteiger partial charge in [-0.1, -0.05) is 12.1 Å². The lowest BCUT2D eigenvalue weighted by Crippen LogP contribution is -1.93. The lowest BCUT2D eigenvalue weighted by molar-refractivity contribution is -0.134. The van der Waals surface area contributed by atoms with Crippen LogP contribution in [0.2, 0.25) is 0 Å². The fraction of sp³-hybridized carbons (Fsp3) is 0.0909. The third-order valence-electron chi connectivity index (χ3n) is 1.68. The molecule has 1 aromatic carbocycles. The first-order valence-electron chi connectivity index (χ1n) is 4.22. The van der Waals surface area contributed by atoms with Gasteiger partial charge in [-0.15, -0.1) is 0 Å². The van der Waals surface area contributed by atoms with Crippen molar-refractivity contribution >= 4 is 18.5 Å². The van der Waals surface area contributed by atoms with Gasteiger partial charge in [-0.25, -0.2) is 4.79 Å². The molecule has 78 valence electrons. The van der Waals surface area contributed by atoms with E-state index in [1.54, 1.807) is 30.3 Å². The van der Waals surface area contributed by atoms with Crippen LogP contribution in [0, 0.1) is 0 Å². The van der Waals surface area contributed by atoms with E-state index in [0.29, 0.717) is 12.2 Å². The number of ether oxygens (including phenoxy) is 2. The van der Waals surface area contributed by atoms with Crippen molar-refractivity contribution in [2.24, 2.45) is 0 Å². The number of methoxy groups -OCH3 is 1. The Morgan fingerprint density at radius 3 is 2.47 bits per heavy atom. The second-order valence-corrected chi connectivity index (χ2v) is 2.64. The number of hydrogen-bond acceptors (Lipinski definition) is 4. The lowest BCUT2D eigenvalue weighted by Gasteiger charge is -1.97. The quantitative estimate of drug-likeness (QED) is 0.424. The summed E-state index contributed by atoms with van der Waals surface area (Å²) >= 11 is 0. The van der Waals surface area contributed by atoms with E-state index in [2.05, 4.69) is 9.47 Å². The third kappa shape index (κ3) is 3.64. The van der Waals surface area contributed by atoms with Crippen molar-refractivity contribution in [1.29, 1.82) is 0 Å². The Bertz CT molecular complexity index is 365. The Hall–Kier alpha value is -2.10. The summed E-state index contributed by atoms with van der Waals surface area (Å²) in [6, 6.07) is 6.70. The van der Waals surface area contributed by atoms with Crippen molar-refractivity contribution in [2.45, 2.75) is 0 Å². The van der Waals surface area contributed by atoms with Crippen LogP contribution in [-0.4, -0.2) is 19.6 Å². The van der Waals surface area contributed by atoms with Gasteiger partial charge in [-0.3, -0.25) is 4.79 Å². The molecule has 4 nitrogen and oxygen atoms in total. The van der Waals surface area contributed by atoms with Gasteiger partial charge in [0.2, 0.25) is 0 Å². The van der Waals surface area contributed by atoms with Crippen LogP contribution in [0.25, 0.3) is 6.08 Å². The van der Waals surface area contributed by atoms with Crippen LogP contribution < -0.4 is 4.74 Å². The number of hydrogen-bond donors (Lipinski definition) is 0. The first-order chi connectivity index (χ1) is 7.26. The van der Waals surface area contributed by atoms with Crippen LogP contribution in [0.15, 0.2) is 30.3 Å². The molecule has 0 heterocycles. The molecule has 0 bridgehead atoms. The van der Waals surface area contributed by atoms with Crippen LogP contribution >= 0.6 is 0 Å². The maximum Gasteiger partial charge on any atom is 0.330 e. The summed E-state index contributed by atoms with van der Waals surface area (Å²) in [5, 5.41) is 0. The summed E-state index contributed by atoms with van der Waals surface area (Å²) in [6.07, 6.45) is 2.92. The molecule has 0 amide bonds.